The van der Waals surface area contributed by atoms with Crippen molar-refractivity contribution >= 4 is 23.2 Å². The topological polar surface area (TPSA) is 86.3 Å². The zero-order chi connectivity index (χ0) is 20.2. The minimum absolute atomic E-state index is 0.183. The van der Waals surface area contributed by atoms with Crippen LogP contribution in [-0.4, -0.2) is 52.1 Å². The first-order valence-electron chi connectivity index (χ1n) is 10.1. The van der Waals surface area contributed by atoms with E-state index in [1.54, 1.807) is 0 Å². The summed E-state index contributed by atoms with van der Waals surface area (Å²) in [6.45, 7) is 3.25. The first-order chi connectivity index (χ1) is 14.2. The Kier molecular flexibility index (Phi) is 5.71. The van der Waals surface area contributed by atoms with Gasteiger partial charge in [-0.15, -0.1) is 0 Å². The van der Waals surface area contributed by atoms with E-state index >= 15 is 0 Å². The number of carboxylic acid groups (broad SMARTS) is 1. The van der Waals surface area contributed by atoms with Crippen LogP contribution in [0.25, 0.3) is 22.0 Å². The number of aromatic amines is 1. The van der Waals surface area contributed by atoms with Gasteiger partial charge in [0, 0.05) is 18.4 Å². The van der Waals surface area contributed by atoms with Crippen molar-refractivity contribution in [2.24, 2.45) is 11.8 Å². The highest BCUT2D eigenvalue weighted by molar-refractivity contribution is 6.06. The number of hydrogen-bond donors (Lipinski definition) is 2. The van der Waals surface area contributed by atoms with Crippen LogP contribution in [-0.2, 0) is 4.79 Å². The van der Waals surface area contributed by atoms with Crippen molar-refractivity contribution in [1.29, 1.82) is 0 Å². The molecule has 3 saturated heterocycles. The Morgan fingerprint density at radius 2 is 1.86 bits per heavy atom. The highest BCUT2D eigenvalue weighted by Crippen LogP contribution is 2.35. The summed E-state index contributed by atoms with van der Waals surface area (Å²) in [7, 11) is 0. The van der Waals surface area contributed by atoms with E-state index in [1.807, 2.05) is 24.3 Å². The lowest BCUT2D eigenvalue weighted by Crippen LogP contribution is -2.47. The van der Waals surface area contributed by atoms with Crippen LogP contribution >= 0.6 is 0 Å². The van der Waals surface area contributed by atoms with Crippen LogP contribution in [0.3, 0.4) is 0 Å². The van der Waals surface area contributed by atoms with E-state index in [4.69, 9.17) is 9.90 Å². The van der Waals surface area contributed by atoms with Crippen molar-refractivity contribution in [2.45, 2.75) is 19.3 Å². The first-order valence-corrected chi connectivity index (χ1v) is 10.1. The molecule has 2 N–H and O–H groups in total. The van der Waals surface area contributed by atoms with Gasteiger partial charge in [-0.05, 0) is 61.0 Å². The van der Waals surface area contributed by atoms with Crippen molar-refractivity contribution < 1.29 is 14.7 Å². The SMILES string of the molecule is O=C(C[C@H]1CN2CCC1CC2)c1n[nH]c2cc(-c3ccccc3)ccc12.O=CO. The fraction of sp³-hybridized carbons (Fsp3) is 0.348. The second-order valence-electron chi connectivity index (χ2n) is 7.83. The molecule has 0 amide bonds. The van der Waals surface area contributed by atoms with Gasteiger partial charge in [-0.1, -0.05) is 36.4 Å². The maximum absolute atomic E-state index is 12.9. The number of benzene rings is 2. The van der Waals surface area contributed by atoms with E-state index in [0.29, 0.717) is 18.0 Å². The standard InChI is InChI=1S/C22H23N3O.CH2O2/c26-21(13-18-14-25-10-8-16(18)9-11-25)22-19-7-6-17(12-20(19)23-24-22)15-4-2-1-3-5-15;2-1-3/h1-7,12,16,18H,8-11,13-14H2,(H,23,24);1H,(H,2,3)/t18-;/m0./s1. The molecule has 150 valence electrons. The average Bonchev–Trinajstić information content (AvgIpc) is 3.19. The van der Waals surface area contributed by atoms with Crippen LogP contribution in [0.5, 0.6) is 0 Å². The van der Waals surface area contributed by atoms with Gasteiger partial charge < -0.3 is 10.0 Å². The summed E-state index contributed by atoms with van der Waals surface area (Å²) in [6.07, 6.45) is 3.13. The summed E-state index contributed by atoms with van der Waals surface area (Å²) < 4.78 is 0. The molecule has 0 aliphatic carbocycles. The summed E-state index contributed by atoms with van der Waals surface area (Å²) in [5, 5.41) is 15.3. The molecule has 2 bridgehead atoms. The third-order valence-electron chi connectivity index (χ3n) is 6.17. The van der Waals surface area contributed by atoms with Crippen LogP contribution in [0.15, 0.2) is 48.5 Å². The molecule has 3 aromatic rings. The third kappa shape index (κ3) is 4.07. The van der Waals surface area contributed by atoms with Gasteiger partial charge in [0.2, 0.25) is 0 Å². The predicted molar refractivity (Wildman–Crippen MR) is 112 cm³/mol. The fourth-order valence-electron chi connectivity index (χ4n) is 4.70. The Hall–Kier alpha value is -2.99. The summed E-state index contributed by atoms with van der Waals surface area (Å²) in [5.41, 5.74) is 3.85. The Balaban J connectivity index is 0.000000645. The van der Waals surface area contributed by atoms with E-state index < -0.39 is 0 Å². The number of piperidine rings is 3. The molecule has 0 radical (unpaired) electrons. The smallest absolute Gasteiger partial charge is 0.290 e. The number of carbonyl (C=O) groups is 2. The summed E-state index contributed by atoms with van der Waals surface area (Å²) in [5.74, 6) is 1.40. The van der Waals surface area contributed by atoms with Crippen molar-refractivity contribution in [2.75, 3.05) is 19.6 Å². The van der Waals surface area contributed by atoms with Crippen LogP contribution < -0.4 is 0 Å². The van der Waals surface area contributed by atoms with Crippen LogP contribution in [0.2, 0.25) is 0 Å². The molecule has 1 atom stereocenters. The highest BCUT2D eigenvalue weighted by atomic mass is 16.3. The minimum Gasteiger partial charge on any atom is -0.483 e. The molecule has 1 aromatic heterocycles. The molecule has 3 aliphatic heterocycles. The van der Waals surface area contributed by atoms with Gasteiger partial charge in [-0.2, -0.15) is 5.10 Å². The monoisotopic (exact) mass is 391 g/mol. The molecule has 6 rings (SSSR count). The fourth-order valence-corrected chi connectivity index (χ4v) is 4.70. The predicted octanol–water partition coefficient (Wildman–Crippen LogP) is 3.85. The van der Waals surface area contributed by atoms with E-state index in [1.165, 1.54) is 31.5 Å². The molecular formula is C23H25N3O3. The van der Waals surface area contributed by atoms with Crippen molar-refractivity contribution in [3.8, 4) is 11.1 Å². The Bertz CT molecular complexity index is 991. The number of nitrogens with zero attached hydrogens (tertiary/aromatic N) is 2. The molecule has 0 saturated carbocycles. The van der Waals surface area contributed by atoms with Crippen LogP contribution in [0.4, 0.5) is 0 Å². The van der Waals surface area contributed by atoms with Crippen molar-refractivity contribution in [3.05, 3.63) is 54.2 Å². The highest BCUT2D eigenvalue weighted by Gasteiger charge is 2.35. The van der Waals surface area contributed by atoms with Gasteiger partial charge in [0.15, 0.2) is 5.78 Å². The number of hydrogen-bond acceptors (Lipinski definition) is 4. The minimum atomic E-state index is -0.250. The summed E-state index contributed by atoms with van der Waals surface area (Å²) >= 11 is 0. The maximum atomic E-state index is 12.9. The van der Waals surface area contributed by atoms with E-state index in [-0.39, 0.29) is 12.3 Å². The maximum Gasteiger partial charge on any atom is 0.290 e. The first kappa shape index (κ1) is 19.3. The number of Topliss-reactive ketones (excluding diaryl/α,β-unsaturated/α-hetero) is 1. The molecule has 6 heteroatoms. The number of fused-ring (bicyclic) bond motifs is 4. The summed E-state index contributed by atoms with van der Waals surface area (Å²) in [6, 6.07) is 16.5. The van der Waals surface area contributed by atoms with Crippen molar-refractivity contribution in [1.82, 2.24) is 15.1 Å². The molecular weight excluding hydrogens is 366 g/mol. The Labute approximate surface area is 169 Å². The van der Waals surface area contributed by atoms with E-state index in [2.05, 4.69) is 39.4 Å². The zero-order valence-corrected chi connectivity index (χ0v) is 16.3. The number of H-pyrrole nitrogens is 1. The normalized spacial score (nSPS) is 22.7. The quantitative estimate of drug-likeness (QED) is 0.521. The van der Waals surface area contributed by atoms with Gasteiger partial charge in [0.05, 0.1) is 5.52 Å². The number of ketones is 1. The number of carbonyl (C=O) groups excluding carboxylic acids is 1. The number of nitrogens with one attached hydrogen (secondary N) is 1. The number of rotatable bonds is 4. The molecule has 2 aromatic carbocycles. The van der Waals surface area contributed by atoms with Crippen molar-refractivity contribution in [3.63, 3.8) is 0 Å². The van der Waals surface area contributed by atoms with Gasteiger partial charge in [0.1, 0.15) is 5.69 Å². The van der Waals surface area contributed by atoms with Gasteiger partial charge in [0.25, 0.3) is 6.47 Å². The number of aromatic nitrogens is 2. The second-order valence-corrected chi connectivity index (χ2v) is 7.83. The average molecular weight is 391 g/mol. The molecule has 3 fully saturated rings. The zero-order valence-electron chi connectivity index (χ0n) is 16.3. The lowest BCUT2D eigenvalue weighted by molar-refractivity contribution is -0.122. The lowest BCUT2D eigenvalue weighted by Gasteiger charge is -2.44. The molecule has 29 heavy (non-hydrogen) atoms. The Morgan fingerprint density at radius 3 is 2.52 bits per heavy atom. The molecule has 0 unspecified atom stereocenters. The van der Waals surface area contributed by atoms with Gasteiger partial charge in [-0.3, -0.25) is 14.7 Å². The lowest BCUT2D eigenvalue weighted by atomic mass is 9.76. The summed E-state index contributed by atoms with van der Waals surface area (Å²) in [4.78, 5) is 23.8. The largest absolute Gasteiger partial charge is 0.483 e. The van der Waals surface area contributed by atoms with Gasteiger partial charge in [-0.25, -0.2) is 0 Å². The van der Waals surface area contributed by atoms with Crippen LogP contribution in [0, 0.1) is 11.8 Å². The molecule has 6 nitrogen and oxygen atoms in total. The van der Waals surface area contributed by atoms with Crippen LogP contribution in [0.1, 0.15) is 29.8 Å². The molecule has 4 heterocycles. The molecule has 0 spiro atoms. The second kappa shape index (κ2) is 8.57. The molecule has 3 aliphatic rings. The Morgan fingerprint density at radius 1 is 1.14 bits per heavy atom. The van der Waals surface area contributed by atoms with E-state index in [9.17, 15) is 4.79 Å². The van der Waals surface area contributed by atoms with E-state index in [0.717, 1.165) is 28.9 Å². The third-order valence-corrected chi connectivity index (χ3v) is 6.17. The van der Waals surface area contributed by atoms with Gasteiger partial charge >= 0.3 is 0 Å².